The lowest BCUT2D eigenvalue weighted by Crippen LogP contribution is -2.44. The topological polar surface area (TPSA) is 140 Å². The van der Waals surface area contributed by atoms with Crippen LogP contribution in [-0.2, 0) is 11.2 Å². The number of aliphatic carboxylic acids is 1. The zero-order chi connectivity index (χ0) is 18.7. The number of fused-ring (bicyclic) bond motifs is 1. The van der Waals surface area contributed by atoms with Gasteiger partial charge in [0.2, 0.25) is 0 Å². The molecule has 9 nitrogen and oxygen atoms in total. The summed E-state index contributed by atoms with van der Waals surface area (Å²) in [6.07, 6.45) is 2.92. The van der Waals surface area contributed by atoms with Crippen LogP contribution in [0.25, 0.3) is 10.9 Å². The fourth-order valence-electron chi connectivity index (χ4n) is 2.66. The maximum absolute atomic E-state index is 12.5. The summed E-state index contributed by atoms with van der Waals surface area (Å²) in [4.78, 5) is 45.5. The number of carbonyl (C=O) groups excluding carboxylic acids is 1. The van der Waals surface area contributed by atoms with E-state index in [9.17, 15) is 19.5 Å². The number of rotatable bonds is 6. The van der Waals surface area contributed by atoms with E-state index in [2.05, 4.69) is 25.6 Å². The summed E-state index contributed by atoms with van der Waals surface area (Å²) in [6, 6.07) is 5.58. The van der Waals surface area contributed by atoms with Crippen LogP contribution in [0.4, 0.5) is 5.69 Å². The highest BCUT2D eigenvalue weighted by molar-refractivity contribution is 6.00. The van der Waals surface area contributed by atoms with E-state index in [1.54, 1.807) is 25.2 Å². The molecular weight excluding hydrogens is 338 g/mol. The molecule has 0 bridgehead atoms. The molecule has 2 heterocycles. The average Bonchev–Trinajstić information content (AvgIpc) is 3.13. The van der Waals surface area contributed by atoms with Crippen LogP contribution >= 0.6 is 0 Å². The first-order chi connectivity index (χ1) is 12.5. The van der Waals surface area contributed by atoms with Crippen LogP contribution in [0.2, 0.25) is 0 Å². The van der Waals surface area contributed by atoms with Crippen LogP contribution in [0, 0.1) is 0 Å². The van der Waals surface area contributed by atoms with Crippen molar-refractivity contribution in [3.05, 3.63) is 58.4 Å². The Morgan fingerprint density at radius 2 is 2.15 bits per heavy atom. The number of carbonyl (C=O) groups is 2. The predicted octanol–water partition coefficient (Wildman–Crippen LogP) is 0.719. The normalized spacial score (nSPS) is 11.9. The van der Waals surface area contributed by atoms with Gasteiger partial charge >= 0.3 is 5.97 Å². The van der Waals surface area contributed by atoms with Crippen LogP contribution in [-0.4, -0.2) is 45.0 Å². The molecule has 0 spiro atoms. The number of aromatic nitrogens is 3. The van der Waals surface area contributed by atoms with Gasteiger partial charge in [0.25, 0.3) is 11.5 Å². The van der Waals surface area contributed by atoms with Gasteiger partial charge in [-0.05, 0) is 12.1 Å². The van der Waals surface area contributed by atoms with Gasteiger partial charge in [0.15, 0.2) is 0 Å². The molecule has 1 amide bonds. The van der Waals surface area contributed by atoms with E-state index in [1.165, 1.54) is 18.6 Å². The number of para-hydroxylation sites is 1. The third kappa shape index (κ3) is 3.41. The molecule has 9 heteroatoms. The first kappa shape index (κ1) is 17.2. The number of nitrogens with one attached hydrogen (secondary N) is 4. The number of benzene rings is 1. The van der Waals surface area contributed by atoms with Gasteiger partial charge in [-0.2, -0.15) is 0 Å². The highest BCUT2D eigenvalue weighted by Gasteiger charge is 2.23. The van der Waals surface area contributed by atoms with E-state index in [0.29, 0.717) is 22.3 Å². The van der Waals surface area contributed by atoms with Crippen LogP contribution in [0.15, 0.2) is 41.6 Å². The van der Waals surface area contributed by atoms with Gasteiger partial charge in [-0.1, -0.05) is 12.1 Å². The zero-order valence-electron chi connectivity index (χ0n) is 13.9. The molecule has 0 radical (unpaired) electrons. The molecule has 3 rings (SSSR count). The second-order valence-corrected chi connectivity index (χ2v) is 5.68. The molecule has 1 unspecified atom stereocenters. The summed E-state index contributed by atoms with van der Waals surface area (Å²) in [5, 5.41) is 15.3. The van der Waals surface area contributed by atoms with Crippen LogP contribution in [0.1, 0.15) is 16.1 Å². The van der Waals surface area contributed by atoms with Crippen LogP contribution < -0.4 is 16.2 Å². The minimum Gasteiger partial charge on any atom is -0.480 e. The average molecular weight is 355 g/mol. The Balaban J connectivity index is 1.90. The fraction of sp³-hybridized carbons (Fsp3) is 0.176. The third-order valence-corrected chi connectivity index (χ3v) is 3.98. The standard InChI is InChI=1S/C17H17N5O4/c1-18-12-4-2-3-9-5-11(16(24)22-14(9)12)15(23)21-13(17(25)26)6-10-7-19-8-20-10/h2-5,7-8,13,18H,6H2,1H3,(H,19,20)(H,21,23)(H,22,24)(H,25,26). The van der Waals surface area contributed by atoms with Gasteiger partial charge in [-0.25, -0.2) is 9.78 Å². The molecule has 0 aliphatic heterocycles. The number of hydrogen-bond donors (Lipinski definition) is 5. The summed E-state index contributed by atoms with van der Waals surface area (Å²) in [6.45, 7) is 0. The first-order valence-electron chi connectivity index (χ1n) is 7.84. The molecule has 0 saturated carbocycles. The Labute approximate surface area is 147 Å². The molecule has 0 aliphatic carbocycles. The van der Waals surface area contributed by atoms with E-state index in [0.717, 1.165) is 0 Å². The van der Waals surface area contributed by atoms with Gasteiger partial charge in [0.1, 0.15) is 11.6 Å². The number of aromatic amines is 2. The van der Waals surface area contributed by atoms with Crippen molar-refractivity contribution in [3.8, 4) is 0 Å². The van der Waals surface area contributed by atoms with Crippen molar-refractivity contribution in [2.75, 3.05) is 12.4 Å². The van der Waals surface area contributed by atoms with Gasteiger partial charge in [0, 0.05) is 30.7 Å². The Kier molecular flexibility index (Phi) is 4.70. The minimum absolute atomic E-state index is 0.0243. The number of pyridine rings is 1. The van der Waals surface area contributed by atoms with Crippen molar-refractivity contribution in [1.82, 2.24) is 20.3 Å². The number of carboxylic acids is 1. The number of hydrogen-bond acceptors (Lipinski definition) is 5. The smallest absolute Gasteiger partial charge is 0.326 e. The number of amides is 1. The van der Waals surface area contributed by atoms with E-state index in [4.69, 9.17) is 0 Å². The summed E-state index contributed by atoms with van der Waals surface area (Å²) >= 11 is 0. The van der Waals surface area contributed by atoms with Gasteiger partial charge in [-0.15, -0.1) is 0 Å². The lowest BCUT2D eigenvalue weighted by Gasteiger charge is -2.14. The Morgan fingerprint density at radius 1 is 1.35 bits per heavy atom. The lowest BCUT2D eigenvalue weighted by molar-refractivity contribution is -0.139. The zero-order valence-corrected chi connectivity index (χ0v) is 13.9. The van der Waals surface area contributed by atoms with Crippen molar-refractivity contribution in [3.63, 3.8) is 0 Å². The summed E-state index contributed by atoms with van der Waals surface area (Å²) in [5.41, 5.74) is 1.10. The Morgan fingerprint density at radius 3 is 2.81 bits per heavy atom. The largest absolute Gasteiger partial charge is 0.480 e. The molecule has 5 N–H and O–H groups in total. The van der Waals surface area contributed by atoms with Gasteiger partial charge < -0.3 is 25.7 Å². The van der Waals surface area contributed by atoms with Gasteiger partial charge in [-0.3, -0.25) is 9.59 Å². The molecular formula is C17H17N5O4. The molecule has 0 aliphatic rings. The molecule has 26 heavy (non-hydrogen) atoms. The van der Waals surface area contributed by atoms with Crippen LogP contribution in [0.3, 0.4) is 0 Å². The quantitative estimate of drug-likeness (QED) is 0.441. The Hall–Kier alpha value is -3.62. The number of H-pyrrole nitrogens is 2. The number of nitrogens with zero attached hydrogens (tertiary/aromatic N) is 1. The van der Waals surface area contributed by atoms with Crippen LogP contribution in [0.5, 0.6) is 0 Å². The summed E-state index contributed by atoms with van der Waals surface area (Å²) in [7, 11) is 1.72. The number of carboxylic acid groups (broad SMARTS) is 1. The molecule has 2 aromatic heterocycles. The highest BCUT2D eigenvalue weighted by atomic mass is 16.4. The van der Waals surface area contributed by atoms with Crippen molar-refractivity contribution in [2.24, 2.45) is 0 Å². The SMILES string of the molecule is CNc1cccc2cc(C(=O)NC(Cc3cnc[nH]3)C(=O)O)c(=O)[nH]c12. The number of anilines is 1. The van der Waals surface area contributed by atoms with E-state index < -0.39 is 23.5 Å². The second-order valence-electron chi connectivity index (χ2n) is 5.68. The molecule has 134 valence electrons. The van der Waals surface area contributed by atoms with E-state index in [-0.39, 0.29) is 12.0 Å². The third-order valence-electron chi connectivity index (χ3n) is 3.98. The first-order valence-corrected chi connectivity index (χ1v) is 7.84. The van der Waals surface area contributed by atoms with E-state index in [1.807, 2.05) is 0 Å². The predicted molar refractivity (Wildman–Crippen MR) is 95.3 cm³/mol. The lowest BCUT2D eigenvalue weighted by atomic mass is 10.1. The van der Waals surface area contributed by atoms with E-state index >= 15 is 0 Å². The Bertz CT molecular complexity index is 1010. The maximum Gasteiger partial charge on any atom is 0.326 e. The maximum atomic E-state index is 12.5. The van der Waals surface area contributed by atoms with Gasteiger partial charge in [0.05, 0.1) is 17.5 Å². The van der Waals surface area contributed by atoms with Crippen molar-refractivity contribution in [2.45, 2.75) is 12.5 Å². The summed E-state index contributed by atoms with van der Waals surface area (Å²) < 4.78 is 0. The fourth-order valence-corrected chi connectivity index (χ4v) is 2.66. The molecule has 0 fully saturated rings. The molecule has 1 atom stereocenters. The summed E-state index contributed by atoms with van der Waals surface area (Å²) in [5.74, 6) is -1.96. The molecule has 1 aromatic carbocycles. The highest BCUT2D eigenvalue weighted by Crippen LogP contribution is 2.20. The number of imidazole rings is 1. The van der Waals surface area contributed by atoms with Crippen molar-refractivity contribution in [1.29, 1.82) is 0 Å². The second kappa shape index (κ2) is 7.09. The molecule has 0 saturated heterocycles. The molecule has 3 aromatic rings. The minimum atomic E-state index is -1.21. The van der Waals surface area contributed by atoms with Crippen molar-refractivity contribution < 1.29 is 14.7 Å². The van der Waals surface area contributed by atoms with Crippen molar-refractivity contribution >= 4 is 28.5 Å². The monoisotopic (exact) mass is 355 g/mol.